The summed E-state index contributed by atoms with van der Waals surface area (Å²) in [5.41, 5.74) is -0.276. The number of allylic oxidation sites excluding steroid dienone is 1. The van der Waals surface area contributed by atoms with Gasteiger partial charge in [0.15, 0.2) is 11.6 Å². The van der Waals surface area contributed by atoms with Crippen LogP contribution in [0.2, 0.25) is 0 Å². The number of Topliss-reactive ketones (excluding diaryl/α,β-unsaturated/α-hetero) is 1. The summed E-state index contributed by atoms with van der Waals surface area (Å²) >= 11 is 0. The summed E-state index contributed by atoms with van der Waals surface area (Å²) in [4.78, 5) is 12.9. The first-order valence-corrected chi connectivity index (χ1v) is 11.1. The molecule has 4 fully saturated rings. The summed E-state index contributed by atoms with van der Waals surface area (Å²) in [5.74, 6) is -0.333. The molecular weight excluding hydrogens is 372 g/mol. The highest BCUT2D eigenvalue weighted by atomic mass is 16.7. The average Bonchev–Trinajstić information content (AvgIpc) is 3.30. The summed E-state index contributed by atoms with van der Waals surface area (Å²) in [6, 6.07) is 0. The van der Waals surface area contributed by atoms with Gasteiger partial charge < -0.3 is 24.1 Å². The summed E-state index contributed by atoms with van der Waals surface area (Å²) in [5, 5.41) is 11.7. The maximum Gasteiger partial charge on any atom is 0.169 e. The second kappa shape index (κ2) is 8.04. The Bertz CT molecular complexity index is 641. The van der Waals surface area contributed by atoms with Crippen LogP contribution in [0, 0.1) is 17.3 Å². The molecule has 0 radical (unpaired) electrons. The minimum absolute atomic E-state index is 0.00290. The van der Waals surface area contributed by atoms with Gasteiger partial charge in [-0.3, -0.25) is 4.79 Å². The lowest BCUT2D eigenvalue weighted by molar-refractivity contribution is -0.184. The lowest BCUT2D eigenvalue weighted by atomic mass is 9.59. The molecule has 1 heterocycles. The molecule has 0 bridgehead atoms. The molecule has 3 saturated carbocycles. The Balaban J connectivity index is 1.46. The summed E-state index contributed by atoms with van der Waals surface area (Å²) < 4.78 is 22.9. The number of hydrogen-bond donors (Lipinski definition) is 1. The van der Waals surface area contributed by atoms with Gasteiger partial charge in [-0.15, -0.1) is 0 Å². The highest BCUT2D eigenvalue weighted by molar-refractivity contribution is 5.88. The predicted octanol–water partition coefficient (Wildman–Crippen LogP) is 3.37. The monoisotopic (exact) mass is 408 g/mol. The van der Waals surface area contributed by atoms with Crippen LogP contribution in [0.3, 0.4) is 0 Å². The van der Waals surface area contributed by atoms with E-state index in [1.165, 1.54) is 5.57 Å². The van der Waals surface area contributed by atoms with Crippen molar-refractivity contribution in [2.24, 2.45) is 17.3 Å². The molecule has 4 aliphatic rings. The number of aliphatic hydroxyl groups is 1. The topological polar surface area (TPSA) is 74.2 Å². The maximum absolute atomic E-state index is 12.9. The molecular formula is C23H36O6. The Morgan fingerprint density at radius 2 is 1.97 bits per heavy atom. The number of methoxy groups -OCH3 is 1. The van der Waals surface area contributed by atoms with Crippen LogP contribution >= 0.6 is 0 Å². The van der Waals surface area contributed by atoms with Gasteiger partial charge in [-0.2, -0.15) is 0 Å². The van der Waals surface area contributed by atoms with Crippen molar-refractivity contribution in [1.29, 1.82) is 0 Å². The Morgan fingerprint density at radius 3 is 2.69 bits per heavy atom. The van der Waals surface area contributed by atoms with Crippen LogP contribution in [0.15, 0.2) is 12.2 Å². The van der Waals surface area contributed by atoms with E-state index in [9.17, 15) is 9.90 Å². The Kier molecular flexibility index (Phi) is 5.95. The van der Waals surface area contributed by atoms with Crippen LogP contribution in [0.25, 0.3) is 0 Å². The molecule has 3 aliphatic carbocycles. The molecule has 1 aliphatic heterocycles. The zero-order chi connectivity index (χ0) is 20.7. The minimum atomic E-state index is -1.28. The zero-order valence-corrected chi connectivity index (χ0v) is 17.9. The van der Waals surface area contributed by atoms with Gasteiger partial charge in [0.25, 0.3) is 0 Å². The van der Waals surface area contributed by atoms with E-state index in [-0.39, 0.29) is 35.9 Å². The van der Waals surface area contributed by atoms with Crippen molar-refractivity contribution in [3.8, 4) is 0 Å². The van der Waals surface area contributed by atoms with E-state index < -0.39 is 11.4 Å². The summed E-state index contributed by atoms with van der Waals surface area (Å²) in [6.45, 7) is 7.99. The van der Waals surface area contributed by atoms with Crippen molar-refractivity contribution < 1.29 is 28.8 Å². The summed E-state index contributed by atoms with van der Waals surface area (Å²) in [6.07, 6.45) is 6.62. The summed E-state index contributed by atoms with van der Waals surface area (Å²) in [7, 11) is 1.62. The molecule has 29 heavy (non-hydrogen) atoms. The number of fused-ring (bicyclic) bond motifs is 1. The van der Waals surface area contributed by atoms with Crippen molar-refractivity contribution in [3.05, 3.63) is 12.2 Å². The van der Waals surface area contributed by atoms with Gasteiger partial charge in [0.05, 0.1) is 19.3 Å². The normalized spacial score (nSPS) is 41.8. The lowest BCUT2D eigenvalue weighted by Crippen LogP contribution is -2.56. The molecule has 0 aromatic carbocycles. The third kappa shape index (κ3) is 3.72. The average molecular weight is 409 g/mol. The quantitative estimate of drug-likeness (QED) is 0.537. The maximum atomic E-state index is 12.9. The van der Waals surface area contributed by atoms with E-state index in [1.807, 2.05) is 0 Å². The largest absolute Gasteiger partial charge is 0.382 e. The number of carbonyl (C=O) groups is 1. The van der Waals surface area contributed by atoms with Crippen molar-refractivity contribution in [1.82, 2.24) is 0 Å². The van der Waals surface area contributed by atoms with Gasteiger partial charge in [0.1, 0.15) is 12.4 Å². The first kappa shape index (κ1) is 21.4. The van der Waals surface area contributed by atoms with Gasteiger partial charge in [0.2, 0.25) is 0 Å². The van der Waals surface area contributed by atoms with Crippen LogP contribution in [0.1, 0.15) is 64.7 Å². The molecule has 0 aromatic rings. The van der Waals surface area contributed by atoms with Crippen molar-refractivity contribution in [2.75, 3.05) is 27.1 Å². The van der Waals surface area contributed by atoms with E-state index in [0.717, 1.165) is 44.9 Å². The zero-order valence-electron chi connectivity index (χ0n) is 17.9. The van der Waals surface area contributed by atoms with Gasteiger partial charge in [0, 0.05) is 37.7 Å². The Hall–Kier alpha value is -0.790. The molecule has 0 amide bonds. The highest BCUT2D eigenvalue weighted by Crippen LogP contribution is 2.57. The third-order valence-electron chi connectivity index (χ3n) is 8.24. The van der Waals surface area contributed by atoms with Gasteiger partial charge in [-0.25, -0.2) is 0 Å². The van der Waals surface area contributed by atoms with Crippen LogP contribution in [-0.2, 0) is 23.7 Å². The van der Waals surface area contributed by atoms with Crippen molar-refractivity contribution >= 4 is 5.78 Å². The molecule has 1 spiro atoms. The molecule has 6 heteroatoms. The molecule has 1 unspecified atom stereocenters. The fraction of sp³-hybridized carbons (Fsp3) is 0.870. The van der Waals surface area contributed by atoms with Crippen molar-refractivity contribution in [3.63, 3.8) is 0 Å². The first-order chi connectivity index (χ1) is 13.8. The van der Waals surface area contributed by atoms with E-state index in [2.05, 4.69) is 13.5 Å². The molecule has 6 nitrogen and oxygen atoms in total. The second-order valence-electron chi connectivity index (χ2n) is 9.75. The standard InChI is InChI=1S/C23H36O6/c1-16-6-10-22(28-12-13-29-22)14-17(16)7-11-23(25)18-4-5-20(27-15-26-3)21(18,2)9-8-19(23)24/h17-18,20,25H,1,4-15H2,2-3H3/t17?,18-,20+,21+,23+/m1/s1. The van der Waals surface area contributed by atoms with Crippen LogP contribution in [-0.4, -0.2) is 55.5 Å². The van der Waals surface area contributed by atoms with E-state index in [0.29, 0.717) is 26.1 Å². The lowest BCUT2D eigenvalue weighted by Gasteiger charge is -2.49. The van der Waals surface area contributed by atoms with Crippen LogP contribution < -0.4 is 0 Å². The number of carbonyl (C=O) groups excluding carboxylic acids is 1. The predicted molar refractivity (Wildman–Crippen MR) is 107 cm³/mol. The van der Waals surface area contributed by atoms with E-state index >= 15 is 0 Å². The molecule has 5 atom stereocenters. The van der Waals surface area contributed by atoms with Crippen LogP contribution in [0.4, 0.5) is 0 Å². The first-order valence-electron chi connectivity index (χ1n) is 11.1. The minimum Gasteiger partial charge on any atom is -0.382 e. The fourth-order valence-corrected chi connectivity index (χ4v) is 6.49. The third-order valence-corrected chi connectivity index (χ3v) is 8.24. The Labute approximate surface area is 173 Å². The van der Waals surface area contributed by atoms with E-state index in [1.54, 1.807) is 7.11 Å². The van der Waals surface area contributed by atoms with Crippen LogP contribution in [0.5, 0.6) is 0 Å². The Morgan fingerprint density at radius 1 is 1.21 bits per heavy atom. The number of rotatable bonds is 6. The van der Waals surface area contributed by atoms with Crippen molar-refractivity contribution in [2.45, 2.75) is 82.2 Å². The van der Waals surface area contributed by atoms with Gasteiger partial charge >= 0.3 is 0 Å². The second-order valence-corrected chi connectivity index (χ2v) is 9.75. The number of ether oxygens (including phenoxy) is 4. The molecule has 164 valence electrons. The molecule has 1 N–H and O–H groups in total. The van der Waals surface area contributed by atoms with Gasteiger partial charge in [-0.05, 0) is 44.4 Å². The smallest absolute Gasteiger partial charge is 0.169 e. The fourth-order valence-electron chi connectivity index (χ4n) is 6.49. The molecule has 1 saturated heterocycles. The van der Waals surface area contributed by atoms with Gasteiger partial charge in [-0.1, -0.05) is 19.1 Å². The molecule has 4 rings (SSSR count). The SMILES string of the molecule is C=C1CCC2(CC1CC[C@@]1(O)C(=O)CC[C@]3(C)[C@@H](OCOC)CC[C@H]31)OCCO2. The number of ketones is 1. The van der Waals surface area contributed by atoms with E-state index in [4.69, 9.17) is 18.9 Å². The number of hydrogen-bond acceptors (Lipinski definition) is 6. The highest BCUT2D eigenvalue weighted by Gasteiger charge is 2.61. The molecule has 0 aromatic heterocycles.